The number of nitrogens with zero attached hydrogens (tertiary/aromatic N) is 2. The van der Waals surface area contributed by atoms with Gasteiger partial charge in [-0.25, -0.2) is 12.7 Å². The van der Waals surface area contributed by atoms with E-state index in [1.54, 1.807) is 32.4 Å². The Morgan fingerprint density at radius 2 is 2.00 bits per heavy atom. The molecule has 7 heteroatoms. The van der Waals surface area contributed by atoms with Gasteiger partial charge in [0.2, 0.25) is 10.0 Å². The first-order valence-electron chi connectivity index (χ1n) is 6.50. The minimum Gasteiger partial charge on any atom is -0.391 e. The van der Waals surface area contributed by atoms with Crippen LogP contribution in [0.2, 0.25) is 0 Å². The van der Waals surface area contributed by atoms with Crippen LogP contribution in [-0.4, -0.2) is 36.4 Å². The molecule has 0 atom stereocenters. The molecule has 1 N–H and O–H groups in total. The van der Waals surface area contributed by atoms with Crippen LogP contribution in [0.25, 0.3) is 0 Å². The van der Waals surface area contributed by atoms with Gasteiger partial charge in [0.25, 0.3) is 0 Å². The minimum atomic E-state index is -3.51. The van der Waals surface area contributed by atoms with E-state index < -0.39 is 10.0 Å². The van der Waals surface area contributed by atoms with Gasteiger partial charge in [-0.3, -0.25) is 4.98 Å². The highest BCUT2D eigenvalue weighted by molar-refractivity contribution is 7.89. The predicted octanol–water partition coefficient (Wildman–Crippen LogP) is 1.81. The van der Waals surface area contributed by atoms with Crippen molar-refractivity contribution in [3.63, 3.8) is 0 Å². The maximum absolute atomic E-state index is 12.5. The van der Waals surface area contributed by atoms with Gasteiger partial charge < -0.3 is 5.11 Å². The maximum Gasteiger partial charge on any atom is 0.243 e. The van der Waals surface area contributed by atoms with Crippen LogP contribution in [0.3, 0.4) is 0 Å². The molecule has 0 aliphatic heterocycles. The summed E-state index contributed by atoms with van der Waals surface area (Å²) in [7, 11) is -1.94. The van der Waals surface area contributed by atoms with E-state index in [0.717, 1.165) is 5.56 Å². The Kier molecular flexibility index (Phi) is 5.10. The maximum atomic E-state index is 12.5. The van der Waals surface area contributed by atoms with Crippen LogP contribution >= 0.6 is 11.3 Å². The Morgan fingerprint density at radius 1 is 1.33 bits per heavy atom. The molecular formula is C14H18N2O3S2. The first-order chi connectivity index (χ1) is 9.95. The van der Waals surface area contributed by atoms with E-state index in [1.807, 2.05) is 12.1 Å². The molecule has 0 unspecified atom stereocenters. The third-order valence-corrected chi connectivity index (χ3v) is 6.38. The average Bonchev–Trinajstić information content (AvgIpc) is 2.87. The Bertz CT molecular complexity index is 696. The Balaban J connectivity index is 2.13. The predicted molar refractivity (Wildman–Crippen MR) is 82.7 cm³/mol. The third-order valence-electron chi connectivity index (χ3n) is 3.23. The fourth-order valence-electron chi connectivity index (χ4n) is 1.98. The molecule has 0 bridgehead atoms. The van der Waals surface area contributed by atoms with Crippen LogP contribution in [-0.2, 0) is 23.1 Å². The fraction of sp³-hybridized carbons (Fsp3) is 0.357. The van der Waals surface area contributed by atoms with Gasteiger partial charge in [-0.2, -0.15) is 0 Å². The van der Waals surface area contributed by atoms with E-state index in [0.29, 0.717) is 22.7 Å². The number of sulfonamides is 1. The number of hydrogen-bond donors (Lipinski definition) is 1. The summed E-state index contributed by atoms with van der Waals surface area (Å²) in [6.45, 7) is 2.02. The molecule has 114 valence electrons. The van der Waals surface area contributed by atoms with Gasteiger partial charge in [0.05, 0.1) is 11.5 Å². The molecule has 21 heavy (non-hydrogen) atoms. The summed E-state index contributed by atoms with van der Waals surface area (Å²) in [5, 5.41) is 9.13. The lowest BCUT2D eigenvalue weighted by molar-refractivity contribution is 0.285. The molecule has 2 heterocycles. The van der Waals surface area contributed by atoms with Crippen molar-refractivity contribution in [1.29, 1.82) is 0 Å². The third kappa shape index (κ3) is 3.68. The van der Waals surface area contributed by atoms with Crippen LogP contribution in [0.5, 0.6) is 0 Å². The molecule has 0 amide bonds. The number of pyridine rings is 1. The number of aliphatic hydroxyl groups is 1. The van der Waals surface area contributed by atoms with Gasteiger partial charge in [-0.15, -0.1) is 11.3 Å². The van der Waals surface area contributed by atoms with Crippen LogP contribution in [0.1, 0.15) is 15.3 Å². The Morgan fingerprint density at radius 3 is 2.57 bits per heavy atom. The van der Waals surface area contributed by atoms with Crippen molar-refractivity contribution in [2.45, 2.75) is 24.8 Å². The van der Waals surface area contributed by atoms with Gasteiger partial charge in [0.15, 0.2) is 0 Å². The van der Waals surface area contributed by atoms with E-state index >= 15 is 0 Å². The Labute approximate surface area is 128 Å². The molecule has 0 aliphatic rings. The standard InChI is InChI=1S/C14H18N2O3S2/c1-11-14(9-13(10-17)20-11)21(18,19)16(2)8-5-12-3-6-15-7-4-12/h3-4,6-7,9,17H,5,8,10H2,1-2H3. The smallest absolute Gasteiger partial charge is 0.243 e. The number of aliphatic hydroxyl groups excluding tert-OH is 1. The molecule has 0 fully saturated rings. The van der Waals surface area contributed by atoms with Crippen molar-refractivity contribution in [3.05, 3.63) is 45.9 Å². The lowest BCUT2D eigenvalue weighted by Crippen LogP contribution is -2.29. The molecule has 2 rings (SSSR count). The quantitative estimate of drug-likeness (QED) is 0.879. The van der Waals surface area contributed by atoms with Crippen molar-refractivity contribution in [3.8, 4) is 0 Å². The van der Waals surface area contributed by atoms with Crippen LogP contribution in [0.15, 0.2) is 35.5 Å². The van der Waals surface area contributed by atoms with Crippen molar-refractivity contribution < 1.29 is 13.5 Å². The summed E-state index contributed by atoms with van der Waals surface area (Å²) in [5.74, 6) is 0. The first-order valence-corrected chi connectivity index (χ1v) is 8.76. The fourth-order valence-corrected chi connectivity index (χ4v) is 4.61. The normalized spacial score (nSPS) is 12.0. The van der Waals surface area contributed by atoms with Crippen LogP contribution in [0.4, 0.5) is 0 Å². The highest BCUT2D eigenvalue weighted by atomic mass is 32.2. The number of thiophene rings is 1. The molecule has 2 aromatic rings. The van der Waals surface area contributed by atoms with Crippen molar-refractivity contribution in [2.75, 3.05) is 13.6 Å². The lowest BCUT2D eigenvalue weighted by Gasteiger charge is -2.17. The van der Waals surface area contributed by atoms with Crippen LogP contribution in [0, 0.1) is 6.92 Å². The van der Waals surface area contributed by atoms with E-state index in [1.165, 1.54) is 15.6 Å². The summed E-state index contributed by atoms with van der Waals surface area (Å²) in [5.41, 5.74) is 1.05. The van der Waals surface area contributed by atoms with E-state index in [2.05, 4.69) is 4.98 Å². The van der Waals surface area contributed by atoms with Crippen LogP contribution < -0.4 is 0 Å². The zero-order chi connectivity index (χ0) is 15.5. The summed E-state index contributed by atoms with van der Waals surface area (Å²) in [6.07, 6.45) is 4.02. The number of hydrogen-bond acceptors (Lipinski definition) is 5. The second-order valence-corrected chi connectivity index (χ2v) is 8.08. The number of aromatic nitrogens is 1. The summed E-state index contributed by atoms with van der Waals surface area (Å²) >= 11 is 1.31. The Hall–Kier alpha value is -1.28. The van der Waals surface area contributed by atoms with E-state index in [9.17, 15) is 8.42 Å². The molecule has 0 aliphatic carbocycles. The molecule has 0 radical (unpaired) electrons. The molecule has 5 nitrogen and oxygen atoms in total. The molecule has 0 saturated carbocycles. The topological polar surface area (TPSA) is 70.5 Å². The summed E-state index contributed by atoms with van der Waals surface area (Å²) < 4.78 is 26.4. The molecular weight excluding hydrogens is 308 g/mol. The van der Waals surface area contributed by atoms with Gasteiger partial charge in [-0.05, 0) is 37.1 Å². The van der Waals surface area contributed by atoms with Crippen molar-refractivity contribution in [1.82, 2.24) is 9.29 Å². The second-order valence-electron chi connectivity index (χ2n) is 4.72. The zero-order valence-electron chi connectivity index (χ0n) is 12.0. The molecule has 0 aromatic carbocycles. The molecule has 2 aromatic heterocycles. The number of aryl methyl sites for hydroxylation is 1. The monoisotopic (exact) mass is 326 g/mol. The largest absolute Gasteiger partial charge is 0.391 e. The van der Waals surface area contributed by atoms with E-state index in [-0.39, 0.29) is 11.5 Å². The van der Waals surface area contributed by atoms with Gasteiger partial charge in [0.1, 0.15) is 0 Å². The summed E-state index contributed by atoms with van der Waals surface area (Å²) in [4.78, 5) is 5.59. The lowest BCUT2D eigenvalue weighted by atomic mass is 10.2. The second kappa shape index (κ2) is 6.65. The number of likely N-dealkylation sites (N-methyl/N-ethyl adjacent to an activating group) is 1. The van der Waals surface area contributed by atoms with E-state index in [4.69, 9.17) is 5.11 Å². The number of rotatable bonds is 6. The average molecular weight is 326 g/mol. The summed E-state index contributed by atoms with van der Waals surface area (Å²) in [6, 6.07) is 5.30. The molecule has 0 spiro atoms. The van der Waals surface area contributed by atoms with Crippen molar-refractivity contribution >= 4 is 21.4 Å². The van der Waals surface area contributed by atoms with Gasteiger partial charge >= 0.3 is 0 Å². The zero-order valence-corrected chi connectivity index (χ0v) is 13.6. The van der Waals surface area contributed by atoms with Gasteiger partial charge in [-0.1, -0.05) is 0 Å². The highest BCUT2D eigenvalue weighted by Crippen LogP contribution is 2.27. The van der Waals surface area contributed by atoms with Crippen molar-refractivity contribution in [2.24, 2.45) is 0 Å². The minimum absolute atomic E-state index is 0.137. The molecule has 0 saturated heterocycles. The highest BCUT2D eigenvalue weighted by Gasteiger charge is 2.24. The van der Waals surface area contributed by atoms with Gasteiger partial charge in [0, 0.05) is 35.7 Å². The SMILES string of the molecule is Cc1sc(CO)cc1S(=O)(=O)N(C)CCc1ccncc1. The first kappa shape index (κ1) is 16.1.